The van der Waals surface area contributed by atoms with Crippen molar-refractivity contribution in [3.63, 3.8) is 0 Å². The first-order chi connectivity index (χ1) is 38.3. The van der Waals surface area contributed by atoms with Crippen LogP contribution in [0.15, 0.2) is 84.9 Å². The molecule has 4 heterocycles. The van der Waals surface area contributed by atoms with Gasteiger partial charge in [0, 0.05) is 82.1 Å². The van der Waals surface area contributed by atoms with E-state index in [1.807, 2.05) is 11.0 Å². The lowest BCUT2D eigenvalue weighted by Crippen LogP contribution is -2.51. The Bertz CT molecular complexity index is 2650. The molecule has 0 bridgehead atoms. The van der Waals surface area contributed by atoms with Crippen LogP contribution in [0.5, 0.6) is 11.5 Å². The molecule has 432 valence electrons. The number of fused-ring (bicyclic) bond motifs is 2. The van der Waals surface area contributed by atoms with Crippen molar-refractivity contribution in [1.29, 1.82) is 0 Å². The van der Waals surface area contributed by atoms with Gasteiger partial charge < -0.3 is 35.2 Å². The highest BCUT2D eigenvalue weighted by atomic mass is 35.5. The highest BCUT2D eigenvalue weighted by molar-refractivity contribution is 6.42. The Labute approximate surface area is 485 Å². The smallest absolute Gasteiger partial charge is 0.240 e. The summed E-state index contributed by atoms with van der Waals surface area (Å²) in [6.07, 6.45) is 3.53. The topological polar surface area (TPSA) is 200 Å². The van der Waals surface area contributed by atoms with Crippen molar-refractivity contribution in [2.75, 3.05) is 52.6 Å². The molecule has 0 radical (unpaired) electrons. The van der Waals surface area contributed by atoms with Gasteiger partial charge in [-0.15, -0.1) is 0 Å². The summed E-state index contributed by atoms with van der Waals surface area (Å²) in [5, 5.41) is 20.2. The summed E-state index contributed by atoms with van der Waals surface area (Å²) in [5.41, 5.74) is 7.95. The van der Waals surface area contributed by atoms with Crippen molar-refractivity contribution in [2.45, 2.75) is 126 Å². The van der Waals surface area contributed by atoms with E-state index >= 15 is 0 Å². The van der Waals surface area contributed by atoms with E-state index in [1.165, 1.54) is 24.3 Å². The molecule has 4 saturated heterocycles. The first kappa shape index (κ1) is 62.5. The van der Waals surface area contributed by atoms with Crippen LogP contribution in [0.2, 0.25) is 20.1 Å². The van der Waals surface area contributed by atoms with Crippen LogP contribution in [-0.4, -0.2) is 160 Å². The molecule has 8 atom stereocenters. The van der Waals surface area contributed by atoms with Gasteiger partial charge in [0.25, 0.3) is 0 Å². The number of carbonyl (C=O) groups excluding carboxylic acids is 6. The average Bonchev–Trinajstić information content (AvgIpc) is 4.07. The zero-order chi connectivity index (χ0) is 57.6. The number of ether oxygens (including phenoxy) is 2. The maximum Gasteiger partial charge on any atom is 0.240 e. The number of hydrogen-bond acceptors (Lipinski definition) is 13. The van der Waals surface area contributed by atoms with Crippen LogP contribution in [-0.2, 0) is 41.6 Å². The molecular weight excluding hydrogens is 1120 g/mol. The monoisotopic (exact) mass is 1190 g/mol. The third kappa shape index (κ3) is 17.0. The average molecular weight is 1190 g/mol. The maximum absolute atomic E-state index is 13.9. The summed E-state index contributed by atoms with van der Waals surface area (Å²) < 4.78 is 39.1. The number of benzene rings is 4. The molecule has 4 aliphatic heterocycles. The minimum absolute atomic E-state index is 0.000352. The summed E-state index contributed by atoms with van der Waals surface area (Å²) >= 11 is 24.3. The lowest BCUT2D eigenvalue weighted by atomic mass is 9.96. The minimum Gasteiger partial charge on any atom is -0.492 e. The Balaban J connectivity index is 0.000000231. The molecule has 0 spiro atoms. The zero-order valence-corrected chi connectivity index (χ0v) is 47.7. The van der Waals surface area contributed by atoms with Crippen molar-refractivity contribution in [1.82, 2.24) is 19.6 Å². The number of nitrogens with zero attached hydrogens (tertiary/aromatic N) is 4. The molecule has 4 aliphatic rings. The number of rotatable bonds is 24. The molecule has 80 heavy (non-hydrogen) atoms. The number of hydrogen-bond donors (Lipinski definition) is 3. The number of amides is 2. The number of nitrogens with two attached hydrogens (primary N) is 1. The van der Waals surface area contributed by atoms with Gasteiger partial charge in [0.1, 0.15) is 49.6 Å². The summed E-state index contributed by atoms with van der Waals surface area (Å²) in [6.45, 7) is 3.22. The highest BCUT2D eigenvalue weighted by Crippen LogP contribution is 2.34. The van der Waals surface area contributed by atoms with Crippen LogP contribution in [0.4, 0.5) is 8.78 Å². The van der Waals surface area contributed by atoms with Crippen LogP contribution in [0.1, 0.15) is 82.3 Å². The largest absolute Gasteiger partial charge is 0.492 e. The first-order valence-corrected chi connectivity index (χ1v) is 28.7. The van der Waals surface area contributed by atoms with Crippen LogP contribution in [0.25, 0.3) is 0 Å². The molecule has 4 aromatic carbocycles. The van der Waals surface area contributed by atoms with Crippen LogP contribution < -0.4 is 15.2 Å². The van der Waals surface area contributed by atoms with Gasteiger partial charge in [0.2, 0.25) is 11.8 Å². The van der Waals surface area contributed by atoms with Crippen molar-refractivity contribution in [2.24, 2.45) is 11.7 Å². The van der Waals surface area contributed by atoms with E-state index in [0.29, 0.717) is 83.2 Å². The number of carbonyl (C=O) groups is 6. The third-order valence-corrected chi connectivity index (χ3v) is 16.9. The van der Waals surface area contributed by atoms with Gasteiger partial charge in [-0.3, -0.25) is 38.6 Å². The predicted molar refractivity (Wildman–Crippen MR) is 301 cm³/mol. The maximum atomic E-state index is 13.9. The Kier molecular flexibility index (Phi) is 23.3. The highest BCUT2D eigenvalue weighted by Gasteiger charge is 2.47. The second-order valence-corrected chi connectivity index (χ2v) is 22.8. The van der Waals surface area contributed by atoms with Gasteiger partial charge in [-0.25, -0.2) is 8.78 Å². The first-order valence-electron chi connectivity index (χ1n) is 27.1. The second kappa shape index (κ2) is 29.8. The number of Topliss-reactive ketones (excluding diaryl/α,β-unsaturated/α-hetero) is 4. The van der Waals surface area contributed by atoms with Gasteiger partial charge in [0.05, 0.1) is 44.3 Å². The fourth-order valence-electron chi connectivity index (χ4n) is 11.2. The molecule has 0 saturated carbocycles. The summed E-state index contributed by atoms with van der Waals surface area (Å²) in [6, 6.07) is 19.2. The fraction of sp³-hybridized carbons (Fsp3) is 0.492. The van der Waals surface area contributed by atoms with Gasteiger partial charge >= 0.3 is 0 Å². The zero-order valence-electron chi connectivity index (χ0n) is 44.6. The summed E-state index contributed by atoms with van der Waals surface area (Å²) in [7, 11) is 0. The molecule has 0 aliphatic carbocycles. The number of halogens is 6. The third-order valence-electron chi connectivity index (χ3n) is 15.4. The lowest BCUT2D eigenvalue weighted by molar-refractivity contribution is -0.142. The second-order valence-electron chi connectivity index (χ2n) is 21.2. The van der Waals surface area contributed by atoms with Crippen LogP contribution >= 0.6 is 46.4 Å². The van der Waals surface area contributed by atoms with Gasteiger partial charge in [-0.05, 0) is 117 Å². The Morgan fingerprint density at radius 1 is 0.613 bits per heavy atom. The SMILES string of the molecule is C[C@@H]1C[C@H]2C(=O)N([C@H](CCC(=O)CO)C(=O)CCc3ccc(Cl)c(Cl)c3)CCC(COc3cccc(F)c3)N2C1.N[C@@H]1C[C@H]2C(=O)N([C@H](CCC(=O)CO)C(=O)CCc3ccc(Cl)c(Cl)c3)CCC(COc3cccc(F)c3)N2C1. The summed E-state index contributed by atoms with van der Waals surface area (Å²) in [5.74, 6) is -1.09. The minimum atomic E-state index is -0.827. The van der Waals surface area contributed by atoms with Crippen molar-refractivity contribution in [3.8, 4) is 11.5 Å². The molecule has 2 unspecified atom stereocenters. The fourth-order valence-corrected chi connectivity index (χ4v) is 11.9. The molecule has 4 aromatic rings. The van der Waals surface area contributed by atoms with E-state index in [-0.39, 0.29) is 117 Å². The number of ketones is 4. The number of aliphatic hydroxyl groups is 2. The predicted octanol–water partition coefficient (Wildman–Crippen LogP) is 8.16. The van der Waals surface area contributed by atoms with E-state index in [0.717, 1.165) is 17.7 Å². The van der Waals surface area contributed by atoms with Crippen LogP contribution in [0.3, 0.4) is 0 Å². The van der Waals surface area contributed by atoms with Crippen molar-refractivity contribution < 1.29 is 57.2 Å². The van der Waals surface area contributed by atoms with Gasteiger partial charge in [-0.1, -0.05) is 77.6 Å². The molecular formula is C59H69Cl4F2N5O10. The van der Waals surface area contributed by atoms with E-state index in [9.17, 15) is 47.8 Å². The number of aliphatic hydroxyl groups excluding tert-OH is 2. The van der Waals surface area contributed by atoms with Crippen molar-refractivity contribution in [3.05, 3.63) is 128 Å². The van der Waals surface area contributed by atoms with Gasteiger partial charge in [-0.2, -0.15) is 0 Å². The Morgan fingerprint density at radius 2 is 1.05 bits per heavy atom. The number of aryl methyl sites for hydroxylation is 2. The van der Waals surface area contributed by atoms with Crippen molar-refractivity contribution >= 4 is 81.4 Å². The van der Waals surface area contributed by atoms with Gasteiger partial charge in [0.15, 0.2) is 23.1 Å². The molecule has 0 aromatic heterocycles. The van der Waals surface area contributed by atoms with E-state index in [2.05, 4.69) is 11.8 Å². The summed E-state index contributed by atoms with van der Waals surface area (Å²) in [4.78, 5) is 86.4. The Morgan fingerprint density at radius 3 is 1.48 bits per heavy atom. The molecule has 4 N–H and O–H groups in total. The lowest BCUT2D eigenvalue weighted by Gasteiger charge is -2.32. The molecule has 8 rings (SSSR count). The Hall–Kier alpha value is -5.08. The molecule has 21 heteroatoms. The van der Waals surface area contributed by atoms with E-state index in [4.69, 9.17) is 61.6 Å². The molecule has 4 fully saturated rings. The normalized spacial score (nSPS) is 22.1. The standard InChI is InChI=1S/C30H35Cl2FN2O5.C29H34Cl2FN3O5/c1-19-13-28-30(39)34(12-11-22(35(28)16-19)18-40-24-4-2-3-21(33)15-24)27(9-7-23(37)17-36)29(38)10-6-20-5-8-25(31)26(32)14-20;30-24-7-4-18(12-25(24)31)5-9-28(38)26(8-6-22(37)16-36)34-11-10-21(17-40-23-3-1-2-19(32)13-23)35-15-20(33)14-27(35)29(34)39/h2-5,8,14-15,19,22,27-28,36H,6-7,9-13,16-18H2,1H3;1-4,7,12-13,20-21,26-27,36H,5-6,8-11,14-17,33H2/t19-,22?,27-,28+;20-,21?,26-,27+/m11/s1. The van der Waals surface area contributed by atoms with E-state index < -0.39 is 49.0 Å². The van der Waals surface area contributed by atoms with E-state index in [1.54, 1.807) is 64.4 Å². The molecule has 2 amide bonds. The molecule has 15 nitrogen and oxygen atoms in total. The quantitative estimate of drug-likeness (QED) is 0.0608. The van der Waals surface area contributed by atoms with Crippen LogP contribution in [0, 0.1) is 17.6 Å².